The standard InChI is InChI=1S/C19H17NO3/c1-10-12-7-6-11(9-21)8-15(12)20-17-13-4-2-3-5-14(13)18(22)19(23)16(10)17/h2-8,18-19,21-23H,9H2,1H3. The van der Waals surface area contributed by atoms with Gasteiger partial charge in [-0.3, -0.25) is 0 Å². The predicted molar refractivity (Wildman–Crippen MR) is 87.8 cm³/mol. The topological polar surface area (TPSA) is 73.6 Å². The van der Waals surface area contributed by atoms with Crippen molar-refractivity contribution in [1.29, 1.82) is 0 Å². The first-order valence-electron chi connectivity index (χ1n) is 7.61. The third-order valence-corrected chi connectivity index (χ3v) is 4.67. The lowest BCUT2D eigenvalue weighted by molar-refractivity contribution is 0.0152. The van der Waals surface area contributed by atoms with Gasteiger partial charge in [0.25, 0.3) is 0 Å². The zero-order valence-electron chi connectivity index (χ0n) is 12.7. The van der Waals surface area contributed by atoms with Crippen molar-refractivity contribution >= 4 is 10.9 Å². The summed E-state index contributed by atoms with van der Waals surface area (Å²) in [6, 6.07) is 13.1. The van der Waals surface area contributed by atoms with Crippen LogP contribution in [0.2, 0.25) is 0 Å². The molecule has 1 heterocycles. The lowest BCUT2D eigenvalue weighted by atomic mass is 9.82. The first kappa shape index (κ1) is 14.3. The monoisotopic (exact) mass is 307 g/mol. The Kier molecular flexibility index (Phi) is 3.20. The van der Waals surface area contributed by atoms with Crippen molar-refractivity contribution < 1.29 is 15.3 Å². The second-order valence-electron chi connectivity index (χ2n) is 5.99. The fraction of sp³-hybridized carbons (Fsp3) is 0.211. The molecule has 3 N–H and O–H groups in total. The van der Waals surface area contributed by atoms with Gasteiger partial charge in [-0.05, 0) is 29.7 Å². The van der Waals surface area contributed by atoms with Crippen molar-refractivity contribution in [2.45, 2.75) is 25.7 Å². The molecule has 2 aromatic carbocycles. The Bertz CT molecular complexity index is 920. The minimum absolute atomic E-state index is 0.0360. The molecule has 116 valence electrons. The van der Waals surface area contributed by atoms with Gasteiger partial charge in [-0.1, -0.05) is 36.4 Å². The number of benzene rings is 2. The lowest BCUT2D eigenvalue weighted by Crippen LogP contribution is -2.19. The van der Waals surface area contributed by atoms with Crippen molar-refractivity contribution in [3.8, 4) is 11.3 Å². The Labute approximate surface area is 133 Å². The van der Waals surface area contributed by atoms with Gasteiger partial charge < -0.3 is 15.3 Å². The highest BCUT2D eigenvalue weighted by molar-refractivity contribution is 5.89. The number of rotatable bonds is 1. The average Bonchev–Trinajstić information content (AvgIpc) is 2.59. The molecule has 2 atom stereocenters. The second-order valence-corrected chi connectivity index (χ2v) is 5.99. The van der Waals surface area contributed by atoms with E-state index in [4.69, 9.17) is 4.98 Å². The summed E-state index contributed by atoms with van der Waals surface area (Å²) >= 11 is 0. The van der Waals surface area contributed by atoms with Crippen LogP contribution < -0.4 is 0 Å². The van der Waals surface area contributed by atoms with Crippen molar-refractivity contribution in [2.75, 3.05) is 0 Å². The van der Waals surface area contributed by atoms with Crippen LogP contribution in [0.5, 0.6) is 0 Å². The summed E-state index contributed by atoms with van der Waals surface area (Å²) in [5.41, 5.74) is 5.42. The quantitative estimate of drug-likeness (QED) is 0.646. The third-order valence-electron chi connectivity index (χ3n) is 4.67. The summed E-state index contributed by atoms with van der Waals surface area (Å²) in [6.07, 6.45) is -1.94. The van der Waals surface area contributed by atoms with E-state index >= 15 is 0 Å². The van der Waals surface area contributed by atoms with Crippen LogP contribution in [0.25, 0.3) is 22.2 Å². The lowest BCUT2D eigenvalue weighted by Gasteiger charge is -2.30. The number of hydrogen-bond donors (Lipinski definition) is 3. The molecule has 0 radical (unpaired) electrons. The van der Waals surface area contributed by atoms with E-state index in [0.29, 0.717) is 16.8 Å². The fourth-order valence-electron chi connectivity index (χ4n) is 3.45. The third kappa shape index (κ3) is 2.00. The van der Waals surface area contributed by atoms with Crippen LogP contribution in [0, 0.1) is 6.92 Å². The normalized spacial score (nSPS) is 19.5. The maximum atomic E-state index is 10.6. The first-order chi connectivity index (χ1) is 11.1. The molecule has 4 nitrogen and oxygen atoms in total. The smallest absolute Gasteiger partial charge is 0.111 e. The molecule has 0 spiro atoms. The van der Waals surface area contributed by atoms with Gasteiger partial charge in [0.2, 0.25) is 0 Å². The summed E-state index contributed by atoms with van der Waals surface area (Å²) in [7, 11) is 0. The van der Waals surface area contributed by atoms with Gasteiger partial charge >= 0.3 is 0 Å². The zero-order chi connectivity index (χ0) is 16.1. The van der Waals surface area contributed by atoms with Gasteiger partial charge in [-0.25, -0.2) is 4.98 Å². The molecular formula is C19H17NO3. The molecule has 0 aliphatic heterocycles. The number of aliphatic hydroxyl groups is 3. The molecule has 1 aliphatic rings. The van der Waals surface area contributed by atoms with Crippen LogP contribution in [-0.2, 0) is 6.61 Å². The van der Waals surface area contributed by atoms with Crippen molar-refractivity contribution in [2.24, 2.45) is 0 Å². The van der Waals surface area contributed by atoms with Gasteiger partial charge in [0, 0.05) is 16.5 Å². The highest BCUT2D eigenvalue weighted by Crippen LogP contribution is 2.46. The largest absolute Gasteiger partial charge is 0.392 e. The molecule has 1 aromatic heterocycles. The molecule has 4 heteroatoms. The molecule has 0 bridgehead atoms. The van der Waals surface area contributed by atoms with Gasteiger partial charge in [0.15, 0.2) is 0 Å². The maximum Gasteiger partial charge on any atom is 0.111 e. The number of aryl methyl sites for hydroxylation is 1. The van der Waals surface area contributed by atoms with E-state index in [9.17, 15) is 15.3 Å². The Hall–Kier alpha value is -2.27. The molecule has 0 fully saturated rings. The number of hydrogen-bond acceptors (Lipinski definition) is 4. The van der Waals surface area contributed by atoms with Gasteiger partial charge in [0.05, 0.1) is 17.8 Å². The maximum absolute atomic E-state index is 10.6. The number of aliphatic hydroxyl groups excluding tert-OH is 3. The molecule has 0 saturated carbocycles. The molecule has 0 amide bonds. The first-order valence-corrected chi connectivity index (χ1v) is 7.61. The highest BCUT2D eigenvalue weighted by Gasteiger charge is 2.33. The van der Waals surface area contributed by atoms with E-state index in [1.165, 1.54) is 0 Å². The van der Waals surface area contributed by atoms with Gasteiger partial charge in [-0.15, -0.1) is 0 Å². The van der Waals surface area contributed by atoms with Crippen LogP contribution in [-0.4, -0.2) is 20.3 Å². The molecular weight excluding hydrogens is 290 g/mol. The molecule has 0 saturated heterocycles. The van der Waals surface area contributed by atoms with E-state index in [0.717, 1.165) is 27.6 Å². The molecule has 3 aromatic rings. The number of aromatic nitrogens is 1. The Balaban J connectivity index is 2.10. The number of nitrogens with zero attached hydrogens (tertiary/aromatic N) is 1. The summed E-state index contributed by atoms with van der Waals surface area (Å²) in [4.78, 5) is 4.73. The summed E-state index contributed by atoms with van der Waals surface area (Å²) in [5.74, 6) is 0. The van der Waals surface area contributed by atoms with E-state index in [1.807, 2.05) is 49.4 Å². The summed E-state index contributed by atoms with van der Waals surface area (Å²) in [5, 5.41) is 31.3. The minimum atomic E-state index is -0.991. The summed E-state index contributed by atoms with van der Waals surface area (Å²) < 4.78 is 0. The van der Waals surface area contributed by atoms with E-state index in [1.54, 1.807) is 0 Å². The Morgan fingerprint density at radius 1 is 1.04 bits per heavy atom. The van der Waals surface area contributed by atoms with Crippen LogP contribution in [0.3, 0.4) is 0 Å². The molecule has 2 unspecified atom stereocenters. The van der Waals surface area contributed by atoms with Gasteiger partial charge in [0.1, 0.15) is 12.2 Å². The van der Waals surface area contributed by atoms with E-state index < -0.39 is 12.2 Å². The zero-order valence-corrected chi connectivity index (χ0v) is 12.7. The minimum Gasteiger partial charge on any atom is -0.392 e. The van der Waals surface area contributed by atoms with Crippen molar-refractivity contribution in [3.63, 3.8) is 0 Å². The molecule has 1 aliphatic carbocycles. The SMILES string of the molecule is Cc1c2c(nc3cc(CO)ccc13)-c1ccccc1C(O)C2O. The van der Waals surface area contributed by atoms with Crippen LogP contribution in [0.1, 0.15) is 34.5 Å². The van der Waals surface area contributed by atoms with Crippen LogP contribution >= 0.6 is 0 Å². The average molecular weight is 307 g/mol. The van der Waals surface area contributed by atoms with Crippen LogP contribution in [0.4, 0.5) is 0 Å². The van der Waals surface area contributed by atoms with Crippen molar-refractivity contribution in [1.82, 2.24) is 4.98 Å². The Morgan fingerprint density at radius 3 is 2.61 bits per heavy atom. The fourth-order valence-corrected chi connectivity index (χ4v) is 3.45. The van der Waals surface area contributed by atoms with E-state index in [2.05, 4.69) is 0 Å². The van der Waals surface area contributed by atoms with Crippen LogP contribution in [0.15, 0.2) is 42.5 Å². The predicted octanol–water partition coefficient (Wildman–Crippen LogP) is 2.78. The van der Waals surface area contributed by atoms with Crippen molar-refractivity contribution in [3.05, 3.63) is 64.7 Å². The highest BCUT2D eigenvalue weighted by atomic mass is 16.3. The summed E-state index contributed by atoms with van der Waals surface area (Å²) in [6.45, 7) is 1.90. The number of pyridine rings is 1. The molecule has 4 rings (SSSR count). The second kappa shape index (κ2) is 5.13. The van der Waals surface area contributed by atoms with E-state index in [-0.39, 0.29) is 6.61 Å². The number of fused-ring (bicyclic) bond motifs is 4. The van der Waals surface area contributed by atoms with Gasteiger partial charge in [-0.2, -0.15) is 0 Å². The Morgan fingerprint density at radius 2 is 1.83 bits per heavy atom. The molecule has 23 heavy (non-hydrogen) atoms.